The molecule has 7 heteroatoms. The fourth-order valence-corrected chi connectivity index (χ4v) is 5.83. The number of hydrogen-bond acceptors (Lipinski definition) is 5. The summed E-state index contributed by atoms with van der Waals surface area (Å²) < 4.78 is 12.4. The van der Waals surface area contributed by atoms with Crippen molar-refractivity contribution in [1.82, 2.24) is 5.32 Å². The van der Waals surface area contributed by atoms with E-state index in [9.17, 15) is 14.7 Å². The third-order valence-electron chi connectivity index (χ3n) is 7.73. The molecule has 0 aliphatic heterocycles. The van der Waals surface area contributed by atoms with Crippen LogP contribution < -0.4 is 5.32 Å². The topological polar surface area (TPSA) is 84.9 Å². The Morgan fingerprint density at radius 1 is 1.10 bits per heavy atom. The Balaban J connectivity index is 1.80. The number of nitrogens with one attached hydrogen (secondary N) is 1. The standard InChI is InChI=1S/C33H47NO5S/c1-4-5-18-38-23-27(20-25-12-7-6-8-13-25)39-22-26-15-16-29(30(21-26)28-14-10-9-11-24(28)2)32(35)34-31(33(36)37)17-19-40-3/h9-11,14-16,21,25,27,31H,4-8,12-13,17-20,22-23H2,1-3H3,(H,34,35)(H,36,37). The molecular formula is C33H47NO5S. The Morgan fingerprint density at radius 3 is 2.58 bits per heavy atom. The average Bonchev–Trinajstić information content (AvgIpc) is 2.96. The van der Waals surface area contributed by atoms with Gasteiger partial charge in [0.2, 0.25) is 0 Å². The highest BCUT2D eigenvalue weighted by Crippen LogP contribution is 2.31. The lowest BCUT2D eigenvalue weighted by Gasteiger charge is -2.27. The van der Waals surface area contributed by atoms with Crippen molar-refractivity contribution in [2.45, 2.75) is 90.4 Å². The van der Waals surface area contributed by atoms with Gasteiger partial charge in [-0.25, -0.2) is 4.79 Å². The van der Waals surface area contributed by atoms with Gasteiger partial charge in [-0.2, -0.15) is 11.8 Å². The van der Waals surface area contributed by atoms with Gasteiger partial charge in [0, 0.05) is 12.2 Å². The van der Waals surface area contributed by atoms with E-state index in [2.05, 4.69) is 12.2 Å². The normalized spacial score (nSPS) is 15.5. The number of thioether (sulfide) groups is 1. The second-order valence-electron chi connectivity index (χ2n) is 10.9. The lowest BCUT2D eigenvalue weighted by molar-refractivity contribution is -0.139. The molecule has 1 fully saturated rings. The van der Waals surface area contributed by atoms with E-state index in [4.69, 9.17) is 9.47 Å². The first kappa shape index (κ1) is 32.2. The number of hydrogen-bond donors (Lipinski definition) is 2. The Morgan fingerprint density at radius 2 is 1.88 bits per heavy atom. The van der Waals surface area contributed by atoms with Gasteiger partial charge in [0.25, 0.3) is 5.91 Å². The Labute approximate surface area is 244 Å². The molecule has 3 rings (SSSR count). The summed E-state index contributed by atoms with van der Waals surface area (Å²) in [6.07, 6.45) is 12.0. The van der Waals surface area contributed by atoms with E-state index in [1.54, 1.807) is 17.8 Å². The van der Waals surface area contributed by atoms with E-state index in [1.807, 2.05) is 49.6 Å². The smallest absolute Gasteiger partial charge is 0.326 e. The number of carbonyl (C=O) groups excluding carboxylic acids is 1. The molecule has 2 atom stereocenters. The first-order valence-corrected chi connectivity index (χ1v) is 16.2. The highest BCUT2D eigenvalue weighted by atomic mass is 32.2. The van der Waals surface area contributed by atoms with Crippen molar-refractivity contribution >= 4 is 23.6 Å². The van der Waals surface area contributed by atoms with Crippen LogP contribution in [-0.2, 0) is 20.9 Å². The van der Waals surface area contributed by atoms with Crippen molar-refractivity contribution in [2.24, 2.45) is 5.92 Å². The van der Waals surface area contributed by atoms with Crippen LogP contribution in [0.5, 0.6) is 0 Å². The lowest BCUT2D eigenvalue weighted by Crippen LogP contribution is -2.41. The summed E-state index contributed by atoms with van der Waals surface area (Å²) >= 11 is 1.56. The third-order valence-corrected chi connectivity index (χ3v) is 8.37. The van der Waals surface area contributed by atoms with Crippen LogP contribution in [0, 0.1) is 12.8 Å². The van der Waals surface area contributed by atoms with Crippen LogP contribution in [0.25, 0.3) is 11.1 Å². The molecule has 2 aromatic rings. The number of benzene rings is 2. The molecule has 0 aromatic heterocycles. The molecule has 40 heavy (non-hydrogen) atoms. The number of amides is 1. The van der Waals surface area contributed by atoms with Gasteiger partial charge in [0.15, 0.2) is 0 Å². The number of aryl methyl sites for hydroxylation is 1. The molecule has 2 aromatic carbocycles. The van der Waals surface area contributed by atoms with Gasteiger partial charge in [-0.15, -0.1) is 0 Å². The SMILES string of the molecule is CCCCOCC(CC1CCCCC1)OCc1ccc(C(=O)NC(CCSC)C(=O)O)c(-c2ccccc2C)c1. The summed E-state index contributed by atoms with van der Waals surface area (Å²) in [7, 11) is 0. The van der Waals surface area contributed by atoms with Gasteiger partial charge in [0.05, 0.1) is 19.3 Å². The minimum atomic E-state index is -1.02. The Bertz CT molecular complexity index is 1070. The molecule has 6 nitrogen and oxygen atoms in total. The molecular weight excluding hydrogens is 522 g/mol. The zero-order valence-electron chi connectivity index (χ0n) is 24.5. The molecule has 0 heterocycles. The molecule has 0 saturated heterocycles. The first-order chi connectivity index (χ1) is 19.4. The fourth-order valence-electron chi connectivity index (χ4n) is 5.36. The summed E-state index contributed by atoms with van der Waals surface area (Å²) in [6, 6.07) is 12.8. The zero-order valence-corrected chi connectivity index (χ0v) is 25.3. The van der Waals surface area contributed by atoms with Crippen LogP contribution in [0.4, 0.5) is 0 Å². The van der Waals surface area contributed by atoms with Crippen LogP contribution >= 0.6 is 11.8 Å². The number of aliphatic carboxylic acids is 1. The maximum absolute atomic E-state index is 13.4. The van der Waals surface area contributed by atoms with Crippen molar-refractivity contribution < 1.29 is 24.2 Å². The number of rotatable bonds is 17. The van der Waals surface area contributed by atoms with Gasteiger partial charge in [-0.05, 0) is 78.5 Å². The van der Waals surface area contributed by atoms with E-state index >= 15 is 0 Å². The highest BCUT2D eigenvalue weighted by Gasteiger charge is 2.24. The van der Waals surface area contributed by atoms with Crippen molar-refractivity contribution in [2.75, 3.05) is 25.2 Å². The summed E-state index contributed by atoms with van der Waals surface area (Å²) in [5, 5.41) is 12.4. The maximum atomic E-state index is 13.4. The molecule has 0 spiro atoms. The molecule has 1 aliphatic rings. The lowest BCUT2D eigenvalue weighted by atomic mass is 9.85. The van der Waals surface area contributed by atoms with E-state index in [0.717, 1.165) is 48.1 Å². The van der Waals surface area contributed by atoms with Crippen molar-refractivity contribution in [3.8, 4) is 11.1 Å². The Hall–Kier alpha value is -2.35. The van der Waals surface area contributed by atoms with Crippen LogP contribution in [0.2, 0.25) is 0 Å². The summed E-state index contributed by atoms with van der Waals surface area (Å²) in [4.78, 5) is 25.2. The van der Waals surface area contributed by atoms with Crippen molar-refractivity contribution in [3.05, 3.63) is 59.2 Å². The first-order valence-electron chi connectivity index (χ1n) is 14.8. The summed E-state index contributed by atoms with van der Waals surface area (Å²) in [6.45, 7) is 5.99. The molecule has 220 valence electrons. The van der Waals surface area contributed by atoms with E-state index < -0.39 is 12.0 Å². The van der Waals surface area contributed by atoms with Crippen LogP contribution in [0.1, 0.15) is 86.2 Å². The van der Waals surface area contributed by atoms with Crippen LogP contribution in [0.3, 0.4) is 0 Å². The maximum Gasteiger partial charge on any atom is 0.326 e. The molecule has 2 N–H and O–H groups in total. The summed E-state index contributed by atoms with van der Waals surface area (Å²) in [5.41, 5.74) is 4.23. The molecule has 1 aliphatic carbocycles. The predicted octanol–water partition coefficient (Wildman–Crippen LogP) is 7.27. The van der Waals surface area contributed by atoms with Gasteiger partial charge in [-0.1, -0.05) is 75.8 Å². The number of carboxylic acids is 1. The fraction of sp³-hybridized carbons (Fsp3) is 0.576. The molecule has 1 saturated carbocycles. The molecule has 2 unspecified atom stereocenters. The van der Waals surface area contributed by atoms with Crippen molar-refractivity contribution in [3.63, 3.8) is 0 Å². The zero-order chi connectivity index (χ0) is 28.7. The monoisotopic (exact) mass is 569 g/mol. The van der Waals surface area contributed by atoms with Crippen LogP contribution in [-0.4, -0.2) is 54.4 Å². The third kappa shape index (κ3) is 10.2. The molecule has 0 bridgehead atoms. The molecule has 1 amide bonds. The summed E-state index contributed by atoms with van der Waals surface area (Å²) in [5.74, 6) is -0.0494. The van der Waals surface area contributed by atoms with E-state index in [-0.39, 0.29) is 12.0 Å². The largest absolute Gasteiger partial charge is 0.480 e. The quantitative estimate of drug-likeness (QED) is 0.195. The number of carboxylic acid groups (broad SMARTS) is 1. The number of unbranched alkanes of at least 4 members (excludes halogenated alkanes) is 1. The molecule has 0 radical (unpaired) electrons. The number of carbonyl (C=O) groups is 2. The van der Waals surface area contributed by atoms with Gasteiger partial charge >= 0.3 is 5.97 Å². The predicted molar refractivity (Wildman–Crippen MR) is 164 cm³/mol. The second-order valence-corrected chi connectivity index (χ2v) is 11.9. The van der Waals surface area contributed by atoms with Gasteiger partial charge in [0.1, 0.15) is 6.04 Å². The van der Waals surface area contributed by atoms with Crippen molar-refractivity contribution in [1.29, 1.82) is 0 Å². The highest BCUT2D eigenvalue weighted by molar-refractivity contribution is 7.98. The van der Waals surface area contributed by atoms with Gasteiger partial charge in [-0.3, -0.25) is 4.79 Å². The minimum absolute atomic E-state index is 0.0394. The van der Waals surface area contributed by atoms with E-state index in [1.165, 1.54) is 32.1 Å². The Kier molecular flexibility index (Phi) is 14.0. The van der Waals surface area contributed by atoms with Crippen LogP contribution in [0.15, 0.2) is 42.5 Å². The van der Waals surface area contributed by atoms with Gasteiger partial charge < -0.3 is 19.9 Å². The average molecular weight is 570 g/mol. The van der Waals surface area contributed by atoms with E-state index in [0.29, 0.717) is 36.9 Å². The second kappa shape index (κ2) is 17.5. The number of ether oxygens (including phenoxy) is 2. The minimum Gasteiger partial charge on any atom is -0.480 e.